The van der Waals surface area contributed by atoms with E-state index in [4.69, 9.17) is 9.47 Å². The van der Waals surface area contributed by atoms with Crippen LogP contribution in [0.4, 0.5) is 0 Å². The van der Waals surface area contributed by atoms with Crippen LogP contribution >= 0.6 is 0 Å². The van der Waals surface area contributed by atoms with Crippen LogP contribution in [-0.2, 0) is 4.79 Å². The molecule has 0 saturated heterocycles. The summed E-state index contributed by atoms with van der Waals surface area (Å²) in [6.45, 7) is 1.44. The minimum atomic E-state index is -1.16. The van der Waals surface area contributed by atoms with E-state index >= 15 is 0 Å². The predicted octanol–water partition coefficient (Wildman–Crippen LogP) is 5.27. The van der Waals surface area contributed by atoms with Gasteiger partial charge in [0.25, 0.3) is 6.41 Å². The van der Waals surface area contributed by atoms with Gasteiger partial charge in [-0.2, -0.15) is 5.48 Å². The first kappa shape index (κ1) is 30.5. The maximum Gasteiger partial charge on any atom is 0.311 e. The van der Waals surface area contributed by atoms with E-state index < -0.39 is 6.41 Å². The topological polar surface area (TPSA) is 103 Å². The van der Waals surface area contributed by atoms with Crippen molar-refractivity contribution in [2.75, 3.05) is 27.2 Å². The number of nitrogens with zero attached hydrogens (tertiary/aromatic N) is 1. The standard InChI is InChI=1S/C32H47N3O5/c1-35(2)22-25-12-7-8-17-28(25)30(34-38)24-13-11-16-27(20-24)39-29(36)21-32(18-9-4-10-19-32)23-33-31(37)40-26-14-5-3-6-15-26/h3,5-6,11,13-16,20,25,28,30-31,33-34,37-38H,4,7-10,12,17-19,21-23H2,1-2H3. The Bertz CT molecular complexity index is 1040. The first-order valence-corrected chi connectivity index (χ1v) is 14.9. The smallest absolute Gasteiger partial charge is 0.311 e. The van der Waals surface area contributed by atoms with Crippen molar-refractivity contribution in [1.29, 1.82) is 0 Å². The van der Waals surface area contributed by atoms with Gasteiger partial charge in [0.2, 0.25) is 0 Å². The number of ether oxygens (including phenoxy) is 2. The third-order valence-electron chi connectivity index (χ3n) is 8.66. The molecule has 0 spiro atoms. The summed E-state index contributed by atoms with van der Waals surface area (Å²) in [6, 6.07) is 16.5. The molecule has 0 bridgehead atoms. The van der Waals surface area contributed by atoms with Crippen molar-refractivity contribution in [3.05, 3.63) is 60.2 Å². The molecule has 0 aliphatic heterocycles. The van der Waals surface area contributed by atoms with Gasteiger partial charge in [0.15, 0.2) is 0 Å². The SMILES string of the molecule is CN(C)CC1CCCCC1C(NO)c1cccc(OC(=O)CC2(CNC(O)Oc3ccccc3)CCCCC2)c1. The zero-order valence-electron chi connectivity index (χ0n) is 24.1. The molecule has 4 atom stereocenters. The molecule has 4 unspecified atom stereocenters. The predicted molar refractivity (Wildman–Crippen MR) is 155 cm³/mol. The number of esters is 1. The van der Waals surface area contributed by atoms with E-state index in [1.165, 1.54) is 6.42 Å². The molecule has 0 amide bonds. The maximum atomic E-state index is 13.2. The second-order valence-electron chi connectivity index (χ2n) is 12.0. The third kappa shape index (κ3) is 8.75. The first-order chi connectivity index (χ1) is 19.4. The molecule has 2 aliphatic rings. The molecule has 0 aromatic heterocycles. The van der Waals surface area contributed by atoms with Gasteiger partial charge in [-0.25, -0.2) is 0 Å². The van der Waals surface area contributed by atoms with Crippen LogP contribution in [0.3, 0.4) is 0 Å². The molecule has 8 nitrogen and oxygen atoms in total. The fraction of sp³-hybridized carbons (Fsp3) is 0.594. The summed E-state index contributed by atoms with van der Waals surface area (Å²) < 4.78 is 11.5. The Hall–Kier alpha value is -2.49. The van der Waals surface area contributed by atoms with E-state index in [-0.39, 0.29) is 23.8 Å². The molecule has 2 fully saturated rings. The van der Waals surface area contributed by atoms with Crippen molar-refractivity contribution in [2.45, 2.75) is 76.7 Å². The number of para-hydroxylation sites is 1. The lowest BCUT2D eigenvalue weighted by Crippen LogP contribution is -2.44. The Labute approximate surface area is 239 Å². The number of benzene rings is 2. The van der Waals surface area contributed by atoms with E-state index in [0.29, 0.717) is 29.9 Å². The van der Waals surface area contributed by atoms with Crippen LogP contribution in [-0.4, -0.2) is 54.8 Å². The number of aliphatic hydroxyl groups excluding tert-OH is 1. The summed E-state index contributed by atoms with van der Waals surface area (Å²) in [5, 5.41) is 23.7. The van der Waals surface area contributed by atoms with Crippen LogP contribution in [0, 0.1) is 17.3 Å². The minimum absolute atomic E-state index is 0.219. The molecule has 2 aliphatic carbocycles. The van der Waals surface area contributed by atoms with Gasteiger partial charge in [0.05, 0.1) is 12.5 Å². The summed E-state index contributed by atoms with van der Waals surface area (Å²) in [7, 11) is 4.19. The summed E-state index contributed by atoms with van der Waals surface area (Å²) >= 11 is 0. The fourth-order valence-electron chi connectivity index (χ4n) is 6.72. The normalized spacial score (nSPS) is 22.4. The largest absolute Gasteiger partial charge is 0.451 e. The number of aliphatic hydroxyl groups is 1. The Morgan fingerprint density at radius 3 is 2.45 bits per heavy atom. The summed E-state index contributed by atoms with van der Waals surface area (Å²) in [6.07, 6.45) is 8.68. The van der Waals surface area contributed by atoms with E-state index in [2.05, 4.69) is 29.8 Å². The van der Waals surface area contributed by atoms with Crippen molar-refractivity contribution < 1.29 is 24.6 Å². The molecule has 4 rings (SSSR count). The summed E-state index contributed by atoms with van der Waals surface area (Å²) in [4.78, 5) is 15.5. The van der Waals surface area contributed by atoms with Crippen LogP contribution in [0.25, 0.3) is 0 Å². The number of hydroxylamine groups is 1. The summed E-state index contributed by atoms with van der Waals surface area (Å²) in [5.41, 5.74) is 3.21. The van der Waals surface area contributed by atoms with Crippen LogP contribution in [0.5, 0.6) is 11.5 Å². The van der Waals surface area contributed by atoms with Crippen LogP contribution in [0.15, 0.2) is 54.6 Å². The van der Waals surface area contributed by atoms with E-state index in [0.717, 1.165) is 63.5 Å². The van der Waals surface area contributed by atoms with E-state index in [1.807, 2.05) is 36.4 Å². The Morgan fingerprint density at radius 1 is 1.00 bits per heavy atom. The third-order valence-corrected chi connectivity index (χ3v) is 8.66. The average molecular weight is 554 g/mol. The Kier molecular flexibility index (Phi) is 11.4. The van der Waals surface area contributed by atoms with Gasteiger partial charge < -0.3 is 24.7 Å². The number of hydrogen-bond donors (Lipinski definition) is 4. The molecule has 2 aromatic rings. The zero-order chi connectivity index (χ0) is 28.4. The van der Waals surface area contributed by atoms with Gasteiger partial charge in [-0.1, -0.05) is 62.4 Å². The molecular weight excluding hydrogens is 506 g/mol. The molecule has 0 heterocycles. The minimum Gasteiger partial charge on any atom is -0.451 e. The van der Waals surface area contributed by atoms with Crippen LogP contribution < -0.4 is 20.3 Å². The maximum absolute atomic E-state index is 13.2. The summed E-state index contributed by atoms with van der Waals surface area (Å²) in [5.74, 6) is 1.58. The van der Waals surface area contributed by atoms with E-state index in [9.17, 15) is 15.1 Å². The fourth-order valence-corrected chi connectivity index (χ4v) is 6.72. The Balaban J connectivity index is 1.39. The van der Waals surface area contributed by atoms with Crippen LogP contribution in [0.2, 0.25) is 0 Å². The highest BCUT2D eigenvalue weighted by molar-refractivity contribution is 5.73. The lowest BCUT2D eigenvalue weighted by atomic mass is 9.71. The van der Waals surface area contributed by atoms with Gasteiger partial charge in [0.1, 0.15) is 11.5 Å². The number of nitrogens with one attached hydrogen (secondary N) is 2. The highest BCUT2D eigenvalue weighted by Crippen LogP contribution is 2.41. The van der Waals surface area contributed by atoms with Gasteiger partial charge in [-0.15, -0.1) is 0 Å². The molecule has 2 saturated carbocycles. The van der Waals surface area contributed by atoms with Gasteiger partial charge in [0, 0.05) is 13.1 Å². The Morgan fingerprint density at radius 2 is 1.73 bits per heavy atom. The van der Waals surface area contributed by atoms with Gasteiger partial charge in [-0.05, 0) is 86.9 Å². The lowest BCUT2D eigenvalue weighted by molar-refractivity contribution is -0.138. The molecule has 8 heteroatoms. The molecule has 40 heavy (non-hydrogen) atoms. The molecule has 220 valence electrons. The van der Waals surface area contributed by atoms with Crippen molar-refractivity contribution in [2.24, 2.45) is 17.3 Å². The van der Waals surface area contributed by atoms with E-state index in [1.54, 1.807) is 18.2 Å². The molecule has 0 radical (unpaired) electrons. The zero-order valence-corrected chi connectivity index (χ0v) is 24.1. The van der Waals surface area contributed by atoms with Gasteiger partial charge >= 0.3 is 5.97 Å². The number of rotatable bonds is 13. The second-order valence-corrected chi connectivity index (χ2v) is 12.0. The van der Waals surface area contributed by atoms with Crippen molar-refractivity contribution in [3.8, 4) is 11.5 Å². The molecule has 2 aromatic carbocycles. The highest BCUT2D eigenvalue weighted by atomic mass is 16.6. The van der Waals surface area contributed by atoms with Crippen molar-refractivity contribution in [1.82, 2.24) is 15.7 Å². The van der Waals surface area contributed by atoms with Crippen LogP contribution in [0.1, 0.15) is 75.8 Å². The van der Waals surface area contributed by atoms with Crippen molar-refractivity contribution in [3.63, 3.8) is 0 Å². The average Bonchev–Trinajstić information content (AvgIpc) is 2.94. The monoisotopic (exact) mass is 553 g/mol. The molecule has 4 N–H and O–H groups in total. The molecular formula is C32H47N3O5. The number of carbonyl (C=O) groups is 1. The second kappa shape index (κ2) is 14.9. The lowest BCUT2D eigenvalue weighted by Gasteiger charge is -2.38. The number of carbonyl (C=O) groups excluding carboxylic acids is 1. The first-order valence-electron chi connectivity index (χ1n) is 14.9. The quantitative estimate of drug-likeness (QED) is 0.115. The van der Waals surface area contributed by atoms with Crippen molar-refractivity contribution >= 4 is 5.97 Å². The highest BCUT2D eigenvalue weighted by Gasteiger charge is 2.36. The van der Waals surface area contributed by atoms with Gasteiger partial charge in [-0.3, -0.25) is 10.1 Å². The number of hydrogen-bond acceptors (Lipinski definition) is 8.